The minimum atomic E-state index is -0.990. The molecule has 0 heterocycles. The zero-order valence-electron chi connectivity index (χ0n) is 11.8. The maximum Gasteiger partial charge on any atom is 0.333 e. The summed E-state index contributed by atoms with van der Waals surface area (Å²) in [5, 5.41) is 9.76. The van der Waals surface area contributed by atoms with Crippen molar-refractivity contribution in [2.24, 2.45) is 0 Å². The number of aliphatic carboxylic acids is 1. The predicted molar refractivity (Wildman–Crippen MR) is 82.1 cm³/mol. The molecule has 0 spiro atoms. The number of carbonyl (C=O) groups excluding carboxylic acids is 1. The van der Waals surface area contributed by atoms with E-state index in [0.29, 0.717) is 23.4 Å². The molecule has 0 unspecified atom stereocenters. The number of carboxylic acid groups (broad SMARTS) is 1. The van der Waals surface area contributed by atoms with Gasteiger partial charge in [0.05, 0.1) is 6.61 Å². The molecule has 0 atom stereocenters. The van der Waals surface area contributed by atoms with Crippen molar-refractivity contribution in [3.8, 4) is 0 Å². The molecular weight excluding hydrogens is 292 g/mol. The molecule has 0 aromatic heterocycles. The highest BCUT2D eigenvalue weighted by Crippen LogP contribution is 2.15. The molecule has 21 heavy (non-hydrogen) atoms. The molecule has 0 radical (unpaired) electrons. The van der Waals surface area contributed by atoms with Crippen LogP contribution in [0.2, 0.25) is 5.02 Å². The SMILES string of the molecule is C=C(C)C(=O)OCCCC(=Cc1ccc(Cl)cc1)C(=O)O. The van der Waals surface area contributed by atoms with Gasteiger partial charge in [0.15, 0.2) is 0 Å². The van der Waals surface area contributed by atoms with E-state index in [1.54, 1.807) is 37.3 Å². The van der Waals surface area contributed by atoms with Crippen molar-refractivity contribution in [1.29, 1.82) is 0 Å². The maximum absolute atomic E-state index is 11.2. The van der Waals surface area contributed by atoms with Crippen LogP contribution in [0.15, 0.2) is 42.0 Å². The number of hydrogen-bond donors (Lipinski definition) is 1. The lowest BCUT2D eigenvalue weighted by molar-refractivity contribution is -0.139. The molecule has 112 valence electrons. The summed E-state index contributed by atoms with van der Waals surface area (Å²) in [5.41, 5.74) is 1.34. The van der Waals surface area contributed by atoms with Crippen LogP contribution in [0.5, 0.6) is 0 Å². The summed E-state index contributed by atoms with van der Waals surface area (Å²) >= 11 is 5.78. The number of ether oxygens (including phenoxy) is 1. The lowest BCUT2D eigenvalue weighted by atomic mass is 10.1. The fourth-order valence-electron chi connectivity index (χ4n) is 1.55. The summed E-state index contributed by atoms with van der Waals surface area (Å²) in [6.07, 6.45) is 2.32. The van der Waals surface area contributed by atoms with E-state index in [4.69, 9.17) is 21.4 Å². The van der Waals surface area contributed by atoms with Crippen LogP contribution in [0.25, 0.3) is 6.08 Å². The number of carbonyl (C=O) groups is 2. The molecule has 0 aliphatic carbocycles. The molecule has 1 aromatic rings. The van der Waals surface area contributed by atoms with Gasteiger partial charge in [-0.1, -0.05) is 30.3 Å². The molecule has 0 aliphatic heterocycles. The standard InChI is InChI=1S/C16H17ClO4/c1-11(2)16(20)21-9-3-4-13(15(18)19)10-12-5-7-14(17)8-6-12/h5-8,10H,1,3-4,9H2,2H3,(H,18,19). The zero-order chi connectivity index (χ0) is 15.8. The first-order chi connectivity index (χ1) is 9.90. The molecule has 0 amide bonds. The number of halogens is 1. The van der Waals surface area contributed by atoms with E-state index in [0.717, 1.165) is 5.56 Å². The van der Waals surface area contributed by atoms with E-state index in [2.05, 4.69) is 6.58 Å². The Hall–Kier alpha value is -2.07. The Bertz CT molecular complexity index is 558. The molecule has 1 aromatic carbocycles. The van der Waals surface area contributed by atoms with Crippen LogP contribution in [0.3, 0.4) is 0 Å². The highest BCUT2D eigenvalue weighted by Gasteiger charge is 2.08. The van der Waals surface area contributed by atoms with Crippen molar-refractivity contribution in [3.63, 3.8) is 0 Å². The van der Waals surface area contributed by atoms with Crippen LogP contribution in [0, 0.1) is 0 Å². The van der Waals surface area contributed by atoms with Gasteiger partial charge in [-0.15, -0.1) is 0 Å². The Kier molecular flexibility index (Phi) is 6.69. The first-order valence-corrected chi connectivity index (χ1v) is 6.80. The number of benzene rings is 1. The summed E-state index contributed by atoms with van der Waals surface area (Å²) < 4.78 is 4.92. The van der Waals surface area contributed by atoms with Gasteiger partial charge in [-0.2, -0.15) is 0 Å². The van der Waals surface area contributed by atoms with Gasteiger partial charge < -0.3 is 9.84 Å². The number of esters is 1. The number of hydrogen-bond acceptors (Lipinski definition) is 3. The summed E-state index contributed by atoms with van der Waals surface area (Å²) in [7, 11) is 0. The smallest absolute Gasteiger partial charge is 0.333 e. The monoisotopic (exact) mass is 308 g/mol. The molecule has 5 heteroatoms. The van der Waals surface area contributed by atoms with Crippen molar-refractivity contribution in [3.05, 3.63) is 52.6 Å². The molecule has 4 nitrogen and oxygen atoms in total. The largest absolute Gasteiger partial charge is 0.478 e. The van der Waals surface area contributed by atoms with Crippen LogP contribution in [-0.4, -0.2) is 23.7 Å². The van der Waals surface area contributed by atoms with E-state index in [1.165, 1.54) is 0 Å². The van der Waals surface area contributed by atoms with Crippen molar-refractivity contribution >= 4 is 29.6 Å². The van der Waals surface area contributed by atoms with Crippen molar-refractivity contribution in [1.82, 2.24) is 0 Å². The summed E-state index contributed by atoms with van der Waals surface area (Å²) in [4.78, 5) is 22.4. The van der Waals surface area contributed by atoms with Crippen LogP contribution in [0.4, 0.5) is 0 Å². The fourth-order valence-corrected chi connectivity index (χ4v) is 1.68. The van der Waals surface area contributed by atoms with Gasteiger partial charge >= 0.3 is 11.9 Å². The van der Waals surface area contributed by atoms with E-state index < -0.39 is 11.9 Å². The maximum atomic E-state index is 11.2. The van der Waals surface area contributed by atoms with Gasteiger partial charge in [-0.25, -0.2) is 9.59 Å². The second kappa shape index (κ2) is 8.27. The van der Waals surface area contributed by atoms with Crippen molar-refractivity contribution in [2.75, 3.05) is 6.61 Å². The van der Waals surface area contributed by atoms with Gasteiger partial charge in [-0.05, 0) is 43.5 Å². The van der Waals surface area contributed by atoms with Crippen LogP contribution < -0.4 is 0 Å². The third-order valence-electron chi connectivity index (χ3n) is 2.66. The lowest BCUT2D eigenvalue weighted by Gasteiger charge is -2.05. The van der Waals surface area contributed by atoms with Crippen LogP contribution in [0.1, 0.15) is 25.3 Å². The highest BCUT2D eigenvalue weighted by molar-refractivity contribution is 6.30. The molecule has 0 fully saturated rings. The molecule has 1 rings (SSSR count). The minimum Gasteiger partial charge on any atom is -0.478 e. The van der Waals surface area contributed by atoms with E-state index >= 15 is 0 Å². The normalized spacial score (nSPS) is 11.0. The highest BCUT2D eigenvalue weighted by atomic mass is 35.5. The van der Waals surface area contributed by atoms with Gasteiger partial charge in [0, 0.05) is 16.2 Å². The predicted octanol–water partition coefficient (Wildman–Crippen LogP) is 3.71. The Balaban J connectivity index is 2.58. The Morgan fingerprint density at radius 3 is 2.48 bits per heavy atom. The Morgan fingerprint density at radius 1 is 1.33 bits per heavy atom. The van der Waals surface area contributed by atoms with Gasteiger partial charge in [0.25, 0.3) is 0 Å². The number of carboxylic acids is 1. The van der Waals surface area contributed by atoms with Gasteiger partial charge in [0.2, 0.25) is 0 Å². The molecule has 0 aliphatic rings. The molecule has 1 N–H and O–H groups in total. The zero-order valence-corrected chi connectivity index (χ0v) is 12.5. The molecule has 0 bridgehead atoms. The Labute approximate surface area is 128 Å². The molecular formula is C16H17ClO4. The second-order valence-corrected chi connectivity index (χ2v) is 4.98. The Morgan fingerprint density at radius 2 is 1.95 bits per heavy atom. The topological polar surface area (TPSA) is 63.6 Å². The van der Waals surface area contributed by atoms with E-state index in [1.807, 2.05) is 0 Å². The van der Waals surface area contributed by atoms with Crippen LogP contribution in [-0.2, 0) is 14.3 Å². The quantitative estimate of drug-likeness (QED) is 0.474. The molecule has 0 saturated carbocycles. The van der Waals surface area contributed by atoms with Crippen molar-refractivity contribution < 1.29 is 19.4 Å². The van der Waals surface area contributed by atoms with Crippen LogP contribution >= 0.6 is 11.6 Å². The first-order valence-electron chi connectivity index (χ1n) is 6.42. The minimum absolute atomic E-state index is 0.164. The fraction of sp³-hybridized carbons (Fsp3) is 0.250. The summed E-state index contributed by atoms with van der Waals surface area (Å²) in [6, 6.07) is 6.88. The van der Waals surface area contributed by atoms with Gasteiger partial charge in [-0.3, -0.25) is 0 Å². The average molecular weight is 309 g/mol. The van der Waals surface area contributed by atoms with E-state index in [-0.39, 0.29) is 12.2 Å². The third kappa shape index (κ3) is 6.27. The average Bonchev–Trinajstić information content (AvgIpc) is 2.43. The third-order valence-corrected chi connectivity index (χ3v) is 2.91. The van der Waals surface area contributed by atoms with Crippen molar-refractivity contribution in [2.45, 2.75) is 19.8 Å². The second-order valence-electron chi connectivity index (χ2n) is 4.55. The lowest BCUT2D eigenvalue weighted by Crippen LogP contribution is -2.08. The number of rotatable bonds is 7. The van der Waals surface area contributed by atoms with Gasteiger partial charge in [0.1, 0.15) is 0 Å². The van der Waals surface area contributed by atoms with E-state index in [9.17, 15) is 9.59 Å². The molecule has 0 saturated heterocycles. The summed E-state index contributed by atoms with van der Waals surface area (Å²) in [5.74, 6) is -1.45. The summed E-state index contributed by atoms with van der Waals surface area (Å²) in [6.45, 7) is 5.19. The first kappa shape index (κ1) is 17.0.